The number of benzene rings is 2. The molecule has 2 aromatic rings. The summed E-state index contributed by atoms with van der Waals surface area (Å²) >= 11 is 1.76. The van der Waals surface area contributed by atoms with E-state index in [1.54, 1.807) is 18.9 Å². The molecule has 3 nitrogen and oxygen atoms in total. The van der Waals surface area contributed by atoms with Gasteiger partial charge in [0.05, 0.1) is 11.4 Å². The van der Waals surface area contributed by atoms with Gasteiger partial charge in [-0.05, 0) is 24.5 Å². The predicted octanol–water partition coefficient (Wildman–Crippen LogP) is 4.50. The number of carbonyl (C=O) groups excluding carboxylic acids is 1. The van der Waals surface area contributed by atoms with E-state index >= 15 is 0 Å². The highest BCUT2D eigenvalue weighted by Gasteiger charge is 2.27. The molecular formula is C21H26O3S. The minimum Gasteiger partial charge on any atom is -0.464 e. The zero-order valence-corrected chi connectivity index (χ0v) is 15.8. The quantitative estimate of drug-likeness (QED) is 0.586. The Bertz CT molecular complexity index is 630. The molecule has 1 unspecified atom stereocenters. The van der Waals surface area contributed by atoms with E-state index in [1.807, 2.05) is 48.5 Å². The van der Waals surface area contributed by atoms with Crippen LogP contribution in [0.2, 0.25) is 0 Å². The van der Waals surface area contributed by atoms with Crippen molar-refractivity contribution in [1.29, 1.82) is 0 Å². The summed E-state index contributed by atoms with van der Waals surface area (Å²) in [7, 11) is 1.68. The van der Waals surface area contributed by atoms with Crippen LogP contribution in [0, 0.1) is 0 Å². The zero-order chi connectivity index (χ0) is 18.0. The predicted molar refractivity (Wildman–Crippen MR) is 104 cm³/mol. The molecule has 0 amide bonds. The van der Waals surface area contributed by atoms with Gasteiger partial charge in [-0.1, -0.05) is 60.7 Å². The van der Waals surface area contributed by atoms with E-state index < -0.39 is 0 Å². The van der Waals surface area contributed by atoms with Crippen LogP contribution < -0.4 is 0 Å². The Kier molecular flexibility index (Phi) is 8.02. The number of methoxy groups -OCH3 is 1. The van der Waals surface area contributed by atoms with Crippen LogP contribution in [-0.4, -0.2) is 31.0 Å². The molecule has 0 N–H and O–H groups in total. The van der Waals surface area contributed by atoms with Crippen molar-refractivity contribution in [2.45, 2.75) is 30.3 Å². The minimum absolute atomic E-state index is 0.161. The van der Waals surface area contributed by atoms with Gasteiger partial charge in [-0.2, -0.15) is 0 Å². The van der Waals surface area contributed by atoms with Gasteiger partial charge in [-0.25, -0.2) is 0 Å². The second-order valence-electron chi connectivity index (χ2n) is 6.30. The summed E-state index contributed by atoms with van der Waals surface area (Å²) in [5, 5.41) is 0. The maximum absolute atomic E-state index is 12.1. The summed E-state index contributed by atoms with van der Waals surface area (Å²) in [5.74, 6) is 0.703. The first kappa shape index (κ1) is 19.5. The monoisotopic (exact) mass is 358 g/mol. The maximum Gasteiger partial charge on any atom is 0.306 e. The number of ether oxygens (including phenoxy) is 2. The van der Waals surface area contributed by atoms with Gasteiger partial charge in [0.15, 0.2) is 0 Å². The second kappa shape index (κ2) is 10.3. The van der Waals surface area contributed by atoms with Crippen molar-refractivity contribution in [3.8, 4) is 0 Å². The van der Waals surface area contributed by atoms with E-state index in [0.29, 0.717) is 26.1 Å². The Morgan fingerprint density at radius 1 is 0.960 bits per heavy atom. The molecule has 0 aliphatic heterocycles. The molecule has 1 atom stereocenters. The summed E-state index contributed by atoms with van der Waals surface area (Å²) in [6.07, 6.45) is 1.11. The fourth-order valence-corrected chi connectivity index (χ4v) is 3.51. The van der Waals surface area contributed by atoms with Crippen LogP contribution in [-0.2, 0) is 26.4 Å². The molecule has 0 saturated heterocycles. The molecule has 0 saturated carbocycles. The minimum atomic E-state index is -0.257. The van der Waals surface area contributed by atoms with Crippen LogP contribution in [0.25, 0.3) is 0 Å². The lowest BCUT2D eigenvalue weighted by Crippen LogP contribution is -2.34. The van der Waals surface area contributed by atoms with Crippen molar-refractivity contribution in [2.24, 2.45) is 0 Å². The van der Waals surface area contributed by atoms with E-state index in [1.165, 1.54) is 5.56 Å². The van der Waals surface area contributed by atoms with Crippen molar-refractivity contribution in [2.75, 3.05) is 20.3 Å². The molecule has 2 aromatic carbocycles. The molecule has 134 valence electrons. The Morgan fingerprint density at radius 3 is 2.16 bits per heavy atom. The van der Waals surface area contributed by atoms with Gasteiger partial charge in [-0.15, -0.1) is 11.8 Å². The lowest BCUT2D eigenvalue weighted by Gasteiger charge is -2.27. The van der Waals surface area contributed by atoms with Crippen molar-refractivity contribution in [3.05, 3.63) is 71.8 Å². The summed E-state index contributed by atoms with van der Waals surface area (Å²) in [6.45, 7) is 2.97. The van der Waals surface area contributed by atoms with E-state index in [2.05, 4.69) is 19.1 Å². The van der Waals surface area contributed by atoms with E-state index in [4.69, 9.17) is 9.47 Å². The number of thioether (sulfide) groups is 1. The number of esters is 1. The third-order valence-electron chi connectivity index (χ3n) is 3.88. The molecule has 25 heavy (non-hydrogen) atoms. The third kappa shape index (κ3) is 7.32. The van der Waals surface area contributed by atoms with Gasteiger partial charge in [-0.3, -0.25) is 4.79 Å². The van der Waals surface area contributed by atoms with Crippen molar-refractivity contribution in [1.82, 2.24) is 0 Å². The standard InChI is InChI=1S/C21H26O3S/c1-21(16-23-2,25-15-19-11-7-4-8-12-19)17-24-20(22)14-13-18-9-5-3-6-10-18/h3-12H,13-17H2,1-2H3. The first-order chi connectivity index (χ1) is 12.1. The number of hydrogen-bond donors (Lipinski definition) is 0. The molecule has 0 aromatic heterocycles. The lowest BCUT2D eigenvalue weighted by atomic mass is 10.1. The van der Waals surface area contributed by atoms with Crippen LogP contribution in [0.15, 0.2) is 60.7 Å². The average molecular weight is 359 g/mol. The van der Waals surface area contributed by atoms with E-state index in [9.17, 15) is 4.79 Å². The smallest absolute Gasteiger partial charge is 0.306 e. The van der Waals surface area contributed by atoms with Crippen molar-refractivity contribution in [3.63, 3.8) is 0 Å². The summed E-state index contributed by atoms with van der Waals surface area (Å²) in [6, 6.07) is 20.3. The largest absolute Gasteiger partial charge is 0.464 e. The first-order valence-corrected chi connectivity index (χ1v) is 9.46. The van der Waals surface area contributed by atoms with Gasteiger partial charge in [0.1, 0.15) is 6.61 Å². The van der Waals surface area contributed by atoms with Crippen LogP contribution in [0.4, 0.5) is 0 Å². The van der Waals surface area contributed by atoms with Gasteiger partial charge < -0.3 is 9.47 Å². The van der Waals surface area contributed by atoms with Crippen LogP contribution in [0.1, 0.15) is 24.5 Å². The molecule has 0 aliphatic carbocycles. The fraction of sp³-hybridized carbons (Fsp3) is 0.381. The molecule has 0 fully saturated rings. The lowest BCUT2D eigenvalue weighted by molar-refractivity contribution is -0.144. The number of aryl methyl sites for hydroxylation is 1. The van der Waals surface area contributed by atoms with Gasteiger partial charge >= 0.3 is 5.97 Å². The molecule has 0 aliphatic rings. The summed E-state index contributed by atoms with van der Waals surface area (Å²) in [4.78, 5) is 12.1. The highest BCUT2D eigenvalue weighted by atomic mass is 32.2. The Balaban J connectivity index is 1.79. The highest BCUT2D eigenvalue weighted by molar-refractivity contribution is 7.99. The Labute approximate surface area is 154 Å². The van der Waals surface area contributed by atoms with Crippen LogP contribution in [0.5, 0.6) is 0 Å². The van der Waals surface area contributed by atoms with E-state index in [0.717, 1.165) is 11.3 Å². The Morgan fingerprint density at radius 2 is 1.56 bits per heavy atom. The molecule has 4 heteroatoms. The van der Waals surface area contributed by atoms with Gasteiger partial charge in [0, 0.05) is 19.3 Å². The number of carbonyl (C=O) groups is 1. The third-order valence-corrected chi connectivity index (χ3v) is 5.29. The molecular weight excluding hydrogens is 332 g/mol. The highest BCUT2D eigenvalue weighted by Crippen LogP contribution is 2.29. The average Bonchev–Trinajstić information content (AvgIpc) is 2.65. The van der Waals surface area contributed by atoms with E-state index in [-0.39, 0.29) is 10.7 Å². The number of rotatable bonds is 10. The van der Waals surface area contributed by atoms with Crippen LogP contribution in [0.3, 0.4) is 0 Å². The molecule has 0 radical (unpaired) electrons. The normalized spacial score (nSPS) is 13.2. The van der Waals surface area contributed by atoms with Crippen molar-refractivity contribution >= 4 is 17.7 Å². The second-order valence-corrected chi connectivity index (χ2v) is 7.87. The summed E-state index contributed by atoms with van der Waals surface area (Å²) in [5.41, 5.74) is 2.41. The maximum atomic E-state index is 12.1. The first-order valence-electron chi connectivity index (χ1n) is 8.48. The van der Waals surface area contributed by atoms with Crippen molar-refractivity contribution < 1.29 is 14.3 Å². The van der Waals surface area contributed by atoms with Crippen LogP contribution >= 0.6 is 11.8 Å². The zero-order valence-electron chi connectivity index (χ0n) is 14.9. The molecule has 2 rings (SSSR count). The Hall–Kier alpha value is -1.78. The van der Waals surface area contributed by atoms with Gasteiger partial charge in [0.25, 0.3) is 0 Å². The number of hydrogen-bond acceptors (Lipinski definition) is 4. The van der Waals surface area contributed by atoms with Gasteiger partial charge in [0.2, 0.25) is 0 Å². The fourth-order valence-electron chi connectivity index (χ4n) is 2.46. The molecule has 0 spiro atoms. The molecule has 0 bridgehead atoms. The summed E-state index contributed by atoms with van der Waals surface area (Å²) < 4.78 is 10.6. The molecule has 0 heterocycles. The topological polar surface area (TPSA) is 35.5 Å². The SMILES string of the molecule is COCC(C)(COC(=O)CCc1ccccc1)SCc1ccccc1.